The standard InChI is InChI=1S/C78H152O17P2/c1-8-10-11-12-13-14-25-33-38-47-54-61-77(82)95-74(66-89-76(81)60-53-46-41-40-44-51-58-71(7)9-2)68-93-97(86,87)91-64-72(79)63-90-96(84,85)92-67-73(65-88-75(80)59-52-45-37-32-28-24-23-27-31-36-43-50-57-70(5)6)94-78(83)62-55-48-39-34-29-22-20-18-16-15-17-19-21-26-30-35-42-49-56-69(3)4/h69-74,79H,8-68H2,1-7H3,(H,84,85)(H,86,87)/t71?,72-,73-,74-/m1/s1. The first-order valence-corrected chi connectivity index (χ1v) is 43.4. The number of hydrogen-bond acceptors (Lipinski definition) is 15. The molecule has 0 radical (unpaired) electrons. The minimum atomic E-state index is -4.96. The summed E-state index contributed by atoms with van der Waals surface area (Å²) >= 11 is 0. The quantitative estimate of drug-likeness (QED) is 0.0222. The van der Waals surface area contributed by atoms with E-state index >= 15 is 0 Å². The highest BCUT2D eigenvalue weighted by molar-refractivity contribution is 7.47. The van der Waals surface area contributed by atoms with E-state index in [1.165, 1.54) is 205 Å². The molecule has 0 amide bonds. The molecule has 6 atom stereocenters. The predicted molar refractivity (Wildman–Crippen MR) is 395 cm³/mol. The average Bonchev–Trinajstić information content (AvgIpc) is 0.989. The highest BCUT2D eigenvalue weighted by Gasteiger charge is 2.30. The van der Waals surface area contributed by atoms with Gasteiger partial charge in [0.2, 0.25) is 0 Å². The molecule has 97 heavy (non-hydrogen) atoms. The van der Waals surface area contributed by atoms with E-state index in [1.54, 1.807) is 0 Å². The maximum Gasteiger partial charge on any atom is 0.472 e. The molecule has 0 aliphatic carbocycles. The Balaban J connectivity index is 5.21. The van der Waals surface area contributed by atoms with Crippen LogP contribution in [0.4, 0.5) is 0 Å². The summed E-state index contributed by atoms with van der Waals surface area (Å²) in [7, 11) is -9.91. The van der Waals surface area contributed by atoms with Crippen molar-refractivity contribution in [2.24, 2.45) is 17.8 Å². The zero-order valence-electron chi connectivity index (χ0n) is 63.5. The average molecular weight is 1420 g/mol. The number of unbranched alkanes of at least 4 members (excludes halogenated alkanes) is 43. The Bertz CT molecular complexity index is 1890. The molecule has 0 aliphatic heterocycles. The van der Waals surface area contributed by atoms with Crippen molar-refractivity contribution >= 4 is 39.5 Å². The van der Waals surface area contributed by atoms with Crippen LogP contribution in [0.15, 0.2) is 0 Å². The van der Waals surface area contributed by atoms with Gasteiger partial charge in [0.1, 0.15) is 19.3 Å². The molecule has 0 aromatic heterocycles. The summed E-state index contributed by atoms with van der Waals surface area (Å²) < 4.78 is 68.6. The van der Waals surface area contributed by atoms with Gasteiger partial charge in [-0.2, -0.15) is 0 Å². The Hall–Kier alpha value is -1.94. The first kappa shape index (κ1) is 95.1. The second-order valence-corrected chi connectivity index (χ2v) is 32.2. The topological polar surface area (TPSA) is 237 Å². The van der Waals surface area contributed by atoms with E-state index in [1.807, 2.05) is 0 Å². The largest absolute Gasteiger partial charge is 0.472 e. The van der Waals surface area contributed by atoms with Crippen LogP contribution in [0.25, 0.3) is 0 Å². The third-order valence-corrected chi connectivity index (χ3v) is 20.4. The van der Waals surface area contributed by atoms with Crippen LogP contribution in [-0.4, -0.2) is 96.7 Å². The summed E-state index contributed by atoms with van der Waals surface area (Å²) in [5, 5.41) is 10.6. The van der Waals surface area contributed by atoms with E-state index in [9.17, 15) is 43.2 Å². The van der Waals surface area contributed by atoms with Crippen molar-refractivity contribution in [2.75, 3.05) is 39.6 Å². The molecule has 0 aromatic carbocycles. The fraction of sp³-hybridized carbons (Fsp3) is 0.949. The van der Waals surface area contributed by atoms with Gasteiger partial charge in [-0.1, -0.05) is 350 Å². The lowest BCUT2D eigenvalue weighted by Gasteiger charge is -2.21. The lowest BCUT2D eigenvalue weighted by Crippen LogP contribution is -2.30. The van der Waals surface area contributed by atoms with Gasteiger partial charge in [0.05, 0.1) is 26.4 Å². The number of esters is 4. The summed E-state index contributed by atoms with van der Waals surface area (Å²) in [5.41, 5.74) is 0. The van der Waals surface area contributed by atoms with Crippen molar-refractivity contribution in [1.82, 2.24) is 0 Å². The highest BCUT2D eigenvalue weighted by atomic mass is 31.2. The van der Waals surface area contributed by atoms with Gasteiger partial charge in [0.15, 0.2) is 12.2 Å². The number of ether oxygens (including phenoxy) is 4. The van der Waals surface area contributed by atoms with Gasteiger partial charge in [-0.15, -0.1) is 0 Å². The monoisotopic (exact) mass is 1420 g/mol. The molecule has 0 spiro atoms. The van der Waals surface area contributed by atoms with Gasteiger partial charge in [0, 0.05) is 25.7 Å². The first-order chi connectivity index (χ1) is 46.8. The van der Waals surface area contributed by atoms with Crippen LogP contribution >= 0.6 is 15.6 Å². The van der Waals surface area contributed by atoms with Gasteiger partial charge in [-0.25, -0.2) is 9.13 Å². The Morgan fingerprint density at radius 1 is 0.299 bits per heavy atom. The van der Waals surface area contributed by atoms with Crippen molar-refractivity contribution < 1.29 is 80.2 Å². The number of carbonyl (C=O) groups is 4. The molecule has 17 nitrogen and oxygen atoms in total. The zero-order chi connectivity index (χ0) is 71.6. The second kappa shape index (κ2) is 68.5. The number of phosphoric acid groups is 2. The third kappa shape index (κ3) is 70.9. The van der Waals surface area contributed by atoms with Crippen LogP contribution in [0.1, 0.15) is 402 Å². The molecular weight excluding hydrogens is 1270 g/mol. The molecule has 0 fully saturated rings. The number of aliphatic hydroxyl groups is 1. The van der Waals surface area contributed by atoms with Gasteiger partial charge < -0.3 is 33.8 Å². The summed E-state index contributed by atoms with van der Waals surface area (Å²) in [4.78, 5) is 72.8. The SMILES string of the molecule is CCCCCCCCCCCCCC(=O)O[C@H](COC(=O)CCCCCCCCC(C)CC)COP(=O)(O)OC[C@H](O)COP(=O)(O)OC[C@@H](COC(=O)CCCCCCCCCCCCCCC(C)C)OC(=O)CCCCCCCCCCCCCCCCCCCCC(C)C. The number of aliphatic hydroxyl groups excluding tert-OH is 1. The molecule has 3 N–H and O–H groups in total. The summed E-state index contributed by atoms with van der Waals surface area (Å²) in [5.74, 6) is 0.217. The number of hydrogen-bond donors (Lipinski definition) is 3. The van der Waals surface area contributed by atoms with Crippen molar-refractivity contribution in [3.05, 3.63) is 0 Å². The molecule has 0 aliphatic rings. The number of phosphoric ester groups is 2. The van der Waals surface area contributed by atoms with Gasteiger partial charge in [0.25, 0.3) is 0 Å². The fourth-order valence-corrected chi connectivity index (χ4v) is 13.5. The molecule has 0 bridgehead atoms. The lowest BCUT2D eigenvalue weighted by atomic mass is 10.00. The predicted octanol–water partition coefficient (Wildman–Crippen LogP) is 23.0. The molecular formula is C78H152O17P2. The van der Waals surface area contributed by atoms with Crippen LogP contribution in [0, 0.1) is 17.8 Å². The van der Waals surface area contributed by atoms with E-state index in [0.29, 0.717) is 25.7 Å². The van der Waals surface area contributed by atoms with Gasteiger partial charge >= 0.3 is 39.5 Å². The lowest BCUT2D eigenvalue weighted by molar-refractivity contribution is -0.161. The molecule has 3 unspecified atom stereocenters. The normalized spacial score (nSPS) is 14.3. The Morgan fingerprint density at radius 2 is 0.526 bits per heavy atom. The fourth-order valence-electron chi connectivity index (χ4n) is 11.9. The smallest absolute Gasteiger partial charge is 0.462 e. The van der Waals surface area contributed by atoms with Crippen molar-refractivity contribution in [3.63, 3.8) is 0 Å². The molecule has 0 heterocycles. The molecule has 0 rings (SSSR count). The molecule has 19 heteroatoms. The molecule has 0 saturated heterocycles. The van der Waals surface area contributed by atoms with E-state index in [0.717, 1.165) is 114 Å². The Morgan fingerprint density at radius 3 is 0.784 bits per heavy atom. The molecule has 0 saturated carbocycles. The van der Waals surface area contributed by atoms with Crippen LogP contribution in [0.5, 0.6) is 0 Å². The highest BCUT2D eigenvalue weighted by Crippen LogP contribution is 2.45. The minimum Gasteiger partial charge on any atom is -0.462 e. The van der Waals surface area contributed by atoms with E-state index in [4.69, 9.17) is 37.0 Å². The van der Waals surface area contributed by atoms with E-state index < -0.39 is 97.5 Å². The summed E-state index contributed by atoms with van der Waals surface area (Å²) in [6.45, 7) is 11.9. The van der Waals surface area contributed by atoms with Crippen molar-refractivity contribution in [1.29, 1.82) is 0 Å². The third-order valence-electron chi connectivity index (χ3n) is 18.5. The van der Waals surface area contributed by atoms with Gasteiger partial charge in [-0.05, 0) is 43.4 Å². The van der Waals surface area contributed by atoms with Crippen LogP contribution in [0.3, 0.4) is 0 Å². The zero-order valence-corrected chi connectivity index (χ0v) is 65.3. The number of carbonyl (C=O) groups excluding carboxylic acids is 4. The second-order valence-electron chi connectivity index (χ2n) is 29.3. The van der Waals surface area contributed by atoms with Crippen LogP contribution in [-0.2, 0) is 65.4 Å². The molecule has 576 valence electrons. The first-order valence-electron chi connectivity index (χ1n) is 40.4. The molecule has 0 aromatic rings. The summed E-state index contributed by atoms with van der Waals surface area (Å²) in [6.07, 6.45) is 55.6. The number of rotatable bonds is 76. The van der Waals surface area contributed by atoms with E-state index in [-0.39, 0.29) is 25.7 Å². The Kier molecular flexibility index (Phi) is 67.1. The maximum absolute atomic E-state index is 13.1. The van der Waals surface area contributed by atoms with Crippen LogP contribution < -0.4 is 0 Å². The van der Waals surface area contributed by atoms with Gasteiger partial charge in [-0.3, -0.25) is 37.3 Å². The minimum absolute atomic E-state index is 0.106. The van der Waals surface area contributed by atoms with Crippen molar-refractivity contribution in [3.8, 4) is 0 Å². The van der Waals surface area contributed by atoms with Crippen LogP contribution in [0.2, 0.25) is 0 Å². The Labute approximate surface area is 594 Å². The summed E-state index contributed by atoms with van der Waals surface area (Å²) in [6, 6.07) is 0. The van der Waals surface area contributed by atoms with Crippen molar-refractivity contribution in [2.45, 2.75) is 420 Å². The van der Waals surface area contributed by atoms with E-state index in [2.05, 4.69) is 48.5 Å². The maximum atomic E-state index is 13.1.